The molecule has 0 aromatic carbocycles. The Morgan fingerprint density at radius 2 is 2.38 bits per heavy atom. The second-order valence-corrected chi connectivity index (χ2v) is 5.06. The number of aromatic nitrogens is 1. The molecule has 1 aliphatic heterocycles. The molecule has 1 aromatic rings. The first kappa shape index (κ1) is 10.1. The summed E-state index contributed by atoms with van der Waals surface area (Å²) in [5, 5.41) is 3.05. The van der Waals surface area contributed by atoms with Gasteiger partial charge in [-0.25, -0.2) is 4.98 Å². The van der Waals surface area contributed by atoms with Crippen LogP contribution in [0.1, 0.15) is 24.8 Å². The van der Waals surface area contributed by atoms with E-state index in [1.165, 1.54) is 31.4 Å². The first-order chi connectivity index (χ1) is 7.85. The van der Waals surface area contributed by atoms with E-state index in [0.717, 1.165) is 24.3 Å². The van der Waals surface area contributed by atoms with Crippen LogP contribution in [0.5, 0.6) is 0 Å². The van der Waals surface area contributed by atoms with E-state index >= 15 is 0 Å². The second-order valence-electron chi connectivity index (χ2n) is 5.06. The maximum absolute atomic E-state index is 4.36. The summed E-state index contributed by atoms with van der Waals surface area (Å²) >= 11 is 0. The third-order valence-corrected chi connectivity index (χ3v) is 3.99. The molecule has 16 heavy (non-hydrogen) atoms. The Morgan fingerprint density at radius 3 is 2.94 bits per heavy atom. The molecule has 1 aliphatic carbocycles. The van der Waals surface area contributed by atoms with Crippen LogP contribution in [0, 0.1) is 5.92 Å². The van der Waals surface area contributed by atoms with Gasteiger partial charge in [-0.3, -0.25) is 4.90 Å². The summed E-state index contributed by atoms with van der Waals surface area (Å²) in [5.41, 5.74) is 1.34. The highest BCUT2D eigenvalue weighted by atomic mass is 15.2. The van der Waals surface area contributed by atoms with Crippen molar-refractivity contribution >= 4 is 5.82 Å². The molecule has 1 aromatic heterocycles. The van der Waals surface area contributed by atoms with Gasteiger partial charge in [-0.1, -0.05) is 6.07 Å². The summed E-state index contributed by atoms with van der Waals surface area (Å²) in [4.78, 5) is 6.99. The molecular formula is C13H19N3. The molecule has 2 unspecified atom stereocenters. The third-order valence-electron chi connectivity index (χ3n) is 3.99. The number of piperidine rings is 1. The van der Waals surface area contributed by atoms with Crippen molar-refractivity contribution in [3.63, 3.8) is 0 Å². The molecule has 2 atom stereocenters. The average Bonchev–Trinajstić information content (AvgIpc) is 2.92. The molecule has 3 heteroatoms. The number of rotatable bonds is 3. The molecule has 86 valence electrons. The van der Waals surface area contributed by atoms with Crippen LogP contribution in [-0.2, 0) is 6.54 Å². The predicted octanol–water partition coefficient (Wildman–Crippen LogP) is 2.11. The van der Waals surface area contributed by atoms with Gasteiger partial charge in [-0.2, -0.15) is 0 Å². The Bertz CT molecular complexity index is 360. The molecule has 0 spiro atoms. The number of nitrogens with one attached hydrogen (secondary N) is 1. The summed E-state index contributed by atoms with van der Waals surface area (Å²) in [7, 11) is 1.90. The van der Waals surface area contributed by atoms with E-state index in [4.69, 9.17) is 0 Å². The van der Waals surface area contributed by atoms with Crippen molar-refractivity contribution in [1.82, 2.24) is 9.88 Å². The molecule has 2 bridgehead atoms. The molecule has 2 aliphatic rings. The molecule has 3 nitrogen and oxygen atoms in total. The van der Waals surface area contributed by atoms with E-state index in [2.05, 4.69) is 27.3 Å². The van der Waals surface area contributed by atoms with Crippen LogP contribution in [0.3, 0.4) is 0 Å². The van der Waals surface area contributed by atoms with Crippen LogP contribution < -0.4 is 5.32 Å². The molecule has 2 fully saturated rings. The molecule has 3 rings (SSSR count). The number of hydrogen-bond acceptors (Lipinski definition) is 3. The van der Waals surface area contributed by atoms with Gasteiger partial charge in [0.2, 0.25) is 0 Å². The molecule has 0 amide bonds. The lowest BCUT2D eigenvalue weighted by Crippen LogP contribution is -2.31. The van der Waals surface area contributed by atoms with Crippen molar-refractivity contribution in [1.29, 1.82) is 0 Å². The van der Waals surface area contributed by atoms with Crippen molar-refractivity contribution in [2.45, 2.75) is 31.8 Å². The average molecular weight is 217 g/mol. The Balaban J connectivity index is 1.65. The van der Waals surface area contributed by atoms with Gasteiger partial charge in [0.05, 0.1) is 0 Å². The van der Waals surface area contributed by atoms with E-state index in [-0.39, 0.29) is 0 Å². The Hall–Kier alpha value is -1.09. The number of hydrogen-bond donors (Lipinski definition) is 1. The Labute approximate surface area is 96.9 Å². The topological polar surface area (TPSA) is 28.2 Å². The van der Waals surface area contributed by atoms with E-state index in [1.807, 2.05) is 13.2 Å². The van der Waals surface area contributed by atoms with Gasteiger partial charge in [0, 0.05) is 32.4 Å². The first-order valence-electron chi connectivity index (χ1n) is 6.22. The van der Waals surface area contributed by atoms with Crippen molar-refractivity contribution in [2.24, 2.45) is 5.92 Å². The van der Waals surface area contributed by atoms with Crippen LogP contribution in [0.2, 0.25) is 0 Å². The van der Waals surface area contributed by atoms with Crippen molar-refractivity contribution < 1.29 is 0 Å². The van der Waals surface area contributed by atoms with Crippen molar-refractivity contribution in [3.05, 3.63) is 23.9 Å². The fraction of sp³-hybridized carbons (Fsp3) is 0.615. The molecule has 0 radical (unpaired) electrons. The van der Waals surface area contributed by atoms with Crippen molar-refractivity contribution in [3.8, 4) is 0 Å². The monoisotopic (exact) mass is 217 g/mol. The zero-order valence-corrected chi connectivity index (χ0v) is 9.82. The van der Waals surface area contributed by atoms with Gasteiger partial charge in [-0.05, 0) is 36.8 Å². The zero-order valence-electron chi connectivity index (χ0n) is 9.82. The van der Waals surface area contributed by atoms with Gasteiger partial charge >= 0.3 is 0 Å². The number of pyridine rings is 1. The van der Waals surface area contributed by atoms with Crippen LogP contribution in [0.15, 0.2) is 18.3 Å². The number of nitrogens with zero attached hydrogens (tertiary/aromatic N) is 2. The fourth-order valence-corrected chi connectivity index (χ4v) is 3.12. The number of fused-ring (bicyclic) bond motifs is 2. The molecule has 1 N–H and O–H groups in total. The Morgan fingerprint density at radius 1 is 1.44 bits per heavy atom. The Kier molecular flexibility index (Phi) is 2.56. The summed E-state index contributed by atoms with van der Waals surface area (Å²) in [5.74, 6) is 1.93. The first-order valence-corrected chi connectivity index (χ1v) is 6.22. The molecule has 1 saturated heterocycles. The van der Waals surface area contributed by atoms with E-state index in [0.29, 0.717) is 0 Å². The summed E-state index contributed by atoms with van der Waals surface area (Å²) < 4.78 is 0. The van der Waals surface area contributed by atoms with E-state index in [9.17, 15) is 0 Å². The molecular weight excluding hydrogens is 198 g/mol. The molecule has 1 saturated carbocycles. The minimum absolute atomic E-state index is 0.856. The second kappa shape index (κ2) is 4.06. The number of likely N-dealkylation sites (tertiary alicyclic amines) is 1. The highest BCUT2D eigenvalue weighted by Crippen LogP contribution is 2.37. The summed E-state index contributed by atoms with van der Waals surface area (Å²) in [6, 6.07) is 5.10. The van der Waals surface area contributed by atoms with Gasteiger partial charge < -0.3 is 5.32 Å². The molecule has 2 heterocycles. The zero-order chi connectivity index (χ0) is 11.0. The SMILES string of the molecule is CNc1ccc(CN2CC3CCC2C3)cn1. The van der Waals surface area contributed by atoms with E-state index < -0.39 is 0 Å². The number of anilines is 1. The lowest BCUT2D eigenvalue weighted by atomic mass is 10.1. The van der Waals surface area contributed by atoms with Gasteiger partial charge in [0.15, 0.2) is 0 Å². The van der Waals surface area contributed by atoms with Crippen LogP contribution in [0.25, 0.3) is 0 Å². The fourth-order valence-electron chi connectivity index (χ4n) is 3.12. The maximum atomic E-state index is 4.36. The van der Waals surface area contributed by atoms with Crippen LogP contribution in [0.4, 0.5) is 5.82 Å². The summed E-state index contributed by atoms with van der Waals surface area (Å²) in [6.45, 7) is 2.39. The highest BCUT2D eigenvalue weighted by Gasteiger charge is 2.37. The lowest BCUT2D eigenvalue weighted by molar-refractivity contribution is 0.205. The summed E-state index contributed by atoms with van der Waals surface area (Å²) in [6.07, 6.45) is 6.30. The van der Waals surface area contributed by atoms with Gasteiger partial charge in [-0.15, -0.1) is 0 Å². The smallest absolute Gasteiger partial charge is 0.125 e. The minimum atomic E-state index is 0.856. The van der Waals surface area contributed by atoms with E-state index in [1.54, 1.807) is 0 Å². The predicted molar refractivity (Wildman–Crippen MR) is 65.3 cm³/mol. The van der Waals surface area contributed by atoms with Crippen LogP contribution in [-0.4, -0.2) is 29.5 Å². The largest absolute Gasteiger partial charge is 0.373 e. The lowest BCUT2D eigenvalue weighted by Gasteiger charge is -2.26. The minimum Gasteiger partial charge on any atom is -0.373 e. The van der Waals surface area contributed by atoms with Gasteiger partial charge in [0.25, 0.3) is 0 Å². The van der Waals surface area contributed by atoms with Gasteiger partial charge in [0.1, 0.15) is 5.82 Å². The standard InChI is InChI=1S/C13H19N3/c1-14-13-5-3-11(7-15-13)9-16-8-10-2-4-12(16)6-10/h3,5,7,10,12H,2,4,6,8-9H2,1H3,(H,14,15). The third kappa shape index (κ3) is 1.80. The van der Waals surface area contributed by atoms with Crippen LogP contribution >= 0.6 is 0 Å². The normalized spacial score (nSPS) is 28.6. The van der Waals surface area contributed by atoms with Crippen molar-refractivity contribution in [2.75, 3.05) is 18.9 Å². The quantitative estimate of drug-likeness (QED) is 0.840. The maximum Gasteiger partial charge on any atom is 0.125 e. The highest BCUT2D eigenvalue weighted by molar-refractivity contribution is 5.34.